The highest BCUT2D eigenvalue weighted by atomic mass is 16.5. The van der Waals surface area contributed by atoms with Gasteiger partial charge in [-0.05, 0) is 48.2 Å². The Kier molecular flexibility index (Phi) is 7.08. The summed E-state index contributed by atoms with van der Waals surface area (Å²) in [6.45, 7) is 0.606. The SMILES string of the molecule is COc1ccc(CC(=O)NCC2(c3ccc(OC)c(OC)c3)CCCC2)cc1OC. The van der Waals surface area contributed by atoms with Gasteiger partial charge in [-0.15, -0.1) is 0 Å². The second-order valence-corrected chi connectivity index (χ2v) is 7.70. The minimum Gasteiger partial charge on any atom is -0.493 e. The molecule has 0 spiro atoms. The first-order valence-corrected chi connectivity index (χ1v) is 10.3. The van der Waals surface area contributed by atoms with E-state index in [1.807, 2.05) is 30.3 Å². The molecule has 1 aliphatic carbocycles. The van der Waals surface area contributed by atoms with Crippen LogP contribution < -0.4 is 24.3 Å². The molecule has 0 saturated heterocycles. The van der Waals surface area contributed by atoms with E-state index in [-0.39, 0.29) is 11.3 Å². The van der Waals surface area contributed by atoms with Crippen LogP contribution in [0.15, 0.2) is 36.4 Å². The molecule has 0 aliphatic heterocycles. The van der Waals surface area contributed by atoms with Crippen molar-refractivity contribution in [3.63, 3.8) is 0 Å². The zero-order valence-electron chi connectivity index (χ0n) is 18.2. The van der Waals surface area contributed by atoms with E-state index in [9.17, 15) is 4.79 Å². The lowest BCUT2D eigenvalue weighted by atomic mass is 9.78. The van der Waals surface area contributed by atoms with E-state index in [0.717, 1.165) is 37.0 Å². The van der Waals surface area contributed by atoms with Crippen LogP contribution in [0.1, 0.15) is 36.8 Å². The summed E-state index contributed by atoms with van der Waals surface area (Å²) in [6.07, 6.45) is 4.68. The Bertz CT molecular complexity index is 874. The maximum atomic E-state index is 12.7. The van der Waals surface area contributed by atoms with Crippen molar-refractivity contribution in [2.75, 3.05) is 35.0 Å². The number of carbonyl (C=O) groups is 1. The second-order valence-electron chi connectivity index (χ2n) is 7.70. The molecule has 3 rings (SSSR count). The molecule has 6 nitrogen and oxygen atoms in total. The summed E-state index contributed by atoms with van der Waals surface area (Å²) in [5.74, 6) is 2.71. The largest absolute Gasteiger partial charge is 0.493 e. The summed E-state index contributed by atoms with van der Waals surface area (Å²) in [5, 5.41) is 3.16. The maximum Gasteiger partial charge on any atom is 0.224 e. The van der Waals surface area contributed by atoms with Gasteiger partial charge in [0.2, 0.25) is 5.91 Å². The molecule has 0 bridgehead atoms. The lowest BCUT2D eigenvalue weighted by Crippen LogP contribution is -2.39. The van der Waals surface area contributed by atoms with Crippen LogP contribution in [0.5, 0.6) is 23.0 Å². The lowest BCUT2D eigenvalue weighted by molar-refractivity contribution is -0.120. The summed E-state index contributed by atoms with van der Waals surface area (Å²) in [6, 6.07) is 11.6. The highest BCUT2D eigenvalue weighted by molar-refractivity contribution is 5.79. The van der Waals surface area contributed by atoms with Crippen LogP contribution in [0.2, 0.25) is 0 Å². The molecular weight excluding hydrogens is 382 g/mol. The molecule has 30 heavy (non-hydrogen) atoms. The Labute approximate surface area is 178 Å². The molecule has 1 N–H and O–H groups in total. The fraction of sp³-hybridized carbons (Fsp3) is 0.458. The number of methoxy groups -OCH3 is 4. The fourth-order valence-electron chi connectivity index (χ4n) is 4.29. The van der Waals surface area contributed by atoms with Crippen LogP contribution in [0.25, 0.3) is 0 Å². The zero-order chi connectivity index (χ0) is 21.6. The predicted octanol–water partition coefficient (Wildman–Crippen LogP) is 3.89. The van der Waals surface area contributed by atoms with Gasteiger partial charge in [0, 0.05) is 12.0 Å². The van der Waals surface area contributed by atoms with Crippen LogP contribution in [0, 0.1) is 0 Å². The van der Waals surface area contributed by atoms with Crippen LogP contribution >= 0.6 is 0 Å². The predicted molar refractivity (Wildman–Crippen MR) is 116 cm³/mol. The Morgan fingerprint density at radius 3 is 2.00 bits per heavy atom. The molecule has 0 atom stereocenters. The van der Waals surface area contributed by atoms with Gasteiger partial charge in [0.1, 0.15) is 0 Å². The Hall–Kier alpha value is -2.89. The van der Waals surface area contributed by atoms with Gasteiger partial charge in [-0.2, -0.15) is 0 Å². The van der Waals surface area contributed by atoms with Crippen molar-refractivity contribution in [2.45, 2.75) is 37.5 Å². The molecule has 0 unspecified atom stereocenters. The quantitative estimate of drug-likeness (QED) is 0.676. The summed E-state index contributed by atoms with van der Waals surface area (Å²) in [4.78, 5) is 12.7. The number of amides is 1. The number of hydrogen-bond donors (Lipinski definition) is 1. The molecule has 1 aliphatic rings. The Morgan fingerprint density at radius 1 is 0.833 bits per heavy atom. The minimum atomic E-state index is -0.0766. The van der Waals surface area contributed by atoms with Crippen molar-refractivity contribution in [3.05, 3.63) is 47.5 Å². The van der Waals surface area contributed by atoms with Gasteiger partial charge in [0.15, 0.2) is 23.0 Å². The van der Waals surface area contributed by atoms with Crippen molar-refractivity contribution < 1.29 is 23.7 Å². The molecule has 0 heterocycles. The molecule has 1 saturated carbocycles. The molecule has 2 aromatic rings. The van der Waals surface area contributed by atoms with Crippen LogP contribution in [0.3, 0.4) is 0 Å². The number of hydrogen-bond acceptors (Lipinski definition) is 5. The lowest BCUT2D eigenvalue weighted by Gasteiger charge is -2.30. The van der Waals surface area contributed by atoms with Crippen LogP contribution in [0.4, 0.5) is 0 Å². The average molecular weight is 414 g/mol. The second kappa shape index (κ2) is 9.74. The first-order valence-electron chi connectivity index (χ1n) is 10.3. The van der Waals surface area contributed by atoms with Crippen molar-refractivity contribution in [1.82, 2.24) is 5.32 Å². The molecule has 6 heteroatoms. The van der Waals surface area contributed by atoms with Gasteiger partial charge >= 0.3 is 0 Å². The number of benzene rings is 2. The minimum absolute atomic E-state index is 0.00558. The van der Waals surface area contributed by atoms with E-state index in [4.69, 9.17) is 18.9 Å². The molecule has 0 radical (unpaired) electrons. The average Bonchev–Trinajstić information content (AvgIpc) is 3.27. The van der Waals surface area contributed by atoms with Gasteiger partial charge in [-0.3, -0.25) is 4.79 Å². The van der Waals surface area contributed by atoms with Gasteiger partial charge in [0.25, 0.3) is 0 Å². The first kappa shape index (κ1) is 21.8. The molecule has 1 fully saturated rings. The van der Waals surface area contributed by atoms with Crippen LogP contribution in [-0.4, -0.2) is 40.9 Å². The molecule has 1 amide bonds. The van der Waals surface area contributed by atoms with E-state index in [1.165, 1.54) is 5.56 Å². The summed E-state index contributed by atoms with van der Waals surface area (Å²) >= 11 is 0. The third-order valence-corrected chi connectivity index (χ3v) is 5.99. The van der Waals surface area contributed by atoms with E-state index < -0.39 is 0 Å². The molecule has 0 aromatic heterocycles. The van der Waals surface area contributed by atoms with Crippen molar-refractivity contribution >= 4 is 5.91 Å². The summed E-state index contributed by atoms with van der Waals surface area (Å²) in [5.41, 5.74) is 1.99. The maximum absolute atomic E-state index is 12.7. The van der Waals surface area contributed by atoms with Gasteiger partial charge in [0.05, 0.1) is 34.9 Å². The van der Waals surface area contributed by atoms with E-state index >= 15 is 0 Å². The van der Waals surface area contributed by atoms with E-state index in [1.54, 1.807) is 28.4 Å². The van der Waals surface area contributed by atoms with Crippen molar-refractivity contribution in [1.29, 1.82) is 0 Å². The number of carbonyl (C=O) groups excluding carboxylic acids is 1. The van der Waals surface area contributed by atoms with E-state index in [2.05, 4.69) is 11.4 Å². The molecule has 2 aromatic carbocycles. The summed E-state index contributed by atoms with van der Waals surface area (Å²) < 4.78 is 21.5. The Balaban J connectivity index is 1.71. The summed E-state index contributed by atoms with van der Waals surface area (Å²) in [7, 11) is 6.47. The standard InChI is InChI=1S/C24H31NO5/c1-27-19-9-7-17(13-21(19)29-3)14-23(26)25-16-24(11-5-6-12-24)18-8-10-20(28-2)22(15-18)30-4/h7-10,13,15H,5-6,11-12,14,16H2,1-4H3,(H,25,26). The third-order valence-electron chi connectivity index (χ3n) is 5.99. The van der Waals surface area contributed by atoms with Gasteiger partial charge < -0.3 is 24.3 Å². The van der Waals surface area contributed by atoms with Gasteiger partial charge in [-0.1, -0.05) is 25.0 Å². The topological polar surface area (TPSA) is 66.0 Å². The van der Waals surface area contributed by atoms with Gasteiger partial charge in [-0.25, -0.2) is 0 Å². The fourth-order valence-corrected chi connectivity index (χ4v) is 4.29. The molecular formula is C24H31NO5. The highest BCUT2D eigenvalue weighted by Crippen LogP contribution is 2.43. The normalized spacial score (nSPS) is 14.8. The number of rotatable bonds is 9. The smallest absolute Gasteiger partial charge is 0.224 e. The number of nitrogens with one attached hydrogen (secondary N) is 1. The third kappa shape index (κ3) is 4.64. The zero-order valence-corrected chi connectivity index (χ0v) is 18.2. The van der Waals surface area contributed by atoms with Crippen molar-refractivity contribution in [3.8, 4) is 23.0 Å². The first-order chi connectivity index (χ1) is 14.5. The van der Waals surface area contributed by atoms with Crippen molar-refractivity contribution in [2.24, 2.45) is 0 Å². The highest BCUT2D eigenvalue weighted by Gasteiger charge is 2.36. The molecule has 162 valence electrons. The monoisotopic (exact) mass is 413 g/mol. The van der Waals surface area contributed by atoms with E-state index in [0.29, 0.717) is 30.2 Å². The number of ether oxygens (including phenoxy) is 4. The van der Waals surface area contributed by atoms with Crippen LogP contribution in [-0.2, 0) is 16.6 Å². The Morgan fingerprint density at radius 2 is 1.40 bits per heavy atom.